The molecule has 1 fully saturated rings. The van der Waals surface area contributed by atoms with E-state index in [1.54, 1.807) is 24.3 Å². The monoisotopic (exact) mass is 289 g/mol. The highest BCUT2D eigenvalue weighted by molar-refractivity contribution is 5.91. The van der Waals surface area contributed by atoms with Gasteiger partial charge in [0.2, 0.25) is 5.91 Å². The van der Waals surface area contributed by atoms with E-state index in [2.05, 4.69) is 0 Å². The molecule has 2 rings (SSSR count). The third-order valence-corrected chi connectivity index (χ3v) is 4.21. The molecule has 0 bridgehead atoms. The van der Waals surface area contributed by atoms with E-state index in [-0.39, 0.29) is 23.9 Å². The number of amides is 1. The Kier molecular flexibility index (Phi) is 4.99. The summed E-state index contributed by atoms with van der Waals surface area (Å²) in [5.41, 5.74) is 0.812. The minimum absolute atomic E-state index is 0.0191. The van der Waals surface area contributed by atoms with Crippen LogP contribution in [-0.2, 0) is 11.2 Å². The molecule has 4 nitrogen and oxygen atoms in total. The zero-order chi connectivity index (χ0) is 15.4. The van der Waals surface area contributed by atoms with Crippen LogP contribution in [0.25, 0.3) is 0 Å². The zero-order valence-corrected chi connectivity index (χ0v) is 12.7. The Bertz CT molecular complexity index is 521. The third kappa shape index (κ3) is 3.84. The zero-order valence-electron chi connectivity index (χ0n) is 12.7. The van der Waals surface area contributed by atoms with Crippen LogP contribution in [0.1, 0.15) is 49.0 Å². The molecule has 0 unspecified atom stereocenters. The molecule has 1 N–H and O–H groups in total. The molecule has 1 aromatic carbocycles. The lowest BCUT2D eigenvalue weighted by Crippen LogP contribution is -2.42. The Morgan fingerprint density at radius 3 is 2.48 bits per heavy atom. The molecule has 1 aromatic rings. The molecule has 0 spiro atoms. The van der Waals surface area contributed by atoms with E-state index in [0.29, 0.717) is 11.5 Å². The average molecular weight is 289 g/mol. The van der Waals surface area contributed by atoms with Crippen molar-refractivity contribution < 1.29 is 14.7 Å². The number of nitrogens with zero attached hydrogens (tertiary/aromatic N) is 1. The van der Waals surface area contributed by atoms with Crippen LogP contribution < -0.4 is 0 Å². The van der Waals surface area contributed by atoms with Crippen molar-refractivity contribution >= 4 is 11.9 Å². The minimum atomic E-state index is -0.978. The number of rotatable bonds is 6. The second-order valence-corrected chi connectivity index (χ2v) is 6.08. The van der Waals surface area contributed by atoms with E-state index in [9.17, 15) is 14.7 Å². The van der Waals surface area contributed by atoms with Gasteiger partial charge in [0.05, 0.1) is 12.0 Å². The predicted octanol–water partition coefficient (Wildman–Crippen LogP) is 2.96. The highest BCUT2D eigenvalue weighted by Gasteiger charge is 2.26. The molecule has 114 valence electrons. The Balaban J connectivity index is 2.09. The van der Waals surface area contributed by atoms with Crippen molar-refractivity contribution in [2.75, 3.05) is 6.54 Å². The lowest BCUT2D eigenvalue weighted by molar-refractivity contribution is -0.133. The first kappa shape index (κ1) is 15.5. The van der Waals surface area contributed by atoms with Crippen molar-refractivity contribution in [3.05, 3.63) is 35.4 Å². The molecule has 21 heavy (non-hydrogen) atoms. The summed E-state index contributed by atoms with van der Waals surface area (Å²) in [6.45, 7) is 4.82. The summed E-state index contributed by atoms with van der Waals surface area (Å²) in [6.07, 6.45) is 3.81. The Labute approximate surface area is 125 Å². The molecule has 0 aromatic heterocycles. The Hall–Kier alpha value is -1.84. The highest BCUT2D eigenvalue weighted by atomic mass is 16.4. The maximum absolute atomic E-state index is 12.5. The van der Waals surface area contributed by atoms with Crippen LogP contribution in [0.2, 0.25) is 0 Å². The molecule has 0 saturated heterocycles. The first-order chi connectivity index (χ1) is 9.99. The van der Waals surface area contributed by atoms with E-state index >= 15 is 0 Å². The molecule has 0 radical (unpaired) electrons. The van der Waals surface area contributed by atoms with E-state index in [4.69, 9.17) is 0 Å². The third-order valence-electron chi connectivity index (χ3n) is 4.21. The van der Waals surface area contributed by atoms with Crippen molar-refractivity contribution in [2.24, 2.45) is 5.92 Å². The molecule has 1 amide bonds. The van der Waals surface area contributed by atoms with Crippen molar-refractivity contribution in [3.63, 3.8) is 0 Å². The van der Waals surface area contributed by atoms with Crippen molar-refractivity contribution in [3.8, 4) is 0 Å². The van der Waals surface area contributed by atoms with Gasteiger partial charge in [0.25, 0.3) is 0 Å². The summed E-state index contributed by atoms with van der Waals surface area (Å²) < 4.78 is 0. The normalized spacial score (nSPS) is 14.8. The van der Waals surface area contributed by atoms with E-state index in [1.165, 1.54) is 19.3 Å². The second-order valence-electron chi connectivity index (χ2n) is 6.08. The summed E-state index contributed by atoms with van der Waals surface area (Å²) >= 11 is 0. The molecule has 0 atom stereocenters. The lowest BCUT2D eigenvalue weighted by Gasteiger charge is -2.35. The van der Waals surface area contributed by atoms with E-state index in [0.717, 1.165) is 6.54 Å². The minimum Gasteiger partial charge on any atom is -0.478 e. The Morgan fingerprint density at radius 1 is 1.29 bits per heavy atom. The van der Waals surface area contributed by atoms with Gasteiger partial charge >= 0.3 is 5.97 Å². The van der Waals surface area contributed by atoms with Crippen molar-refractivity contribution in [1.82, 2.24) is 4.90 Å². The molecular formula is C17H23NO3. The van der Waals surface area contributed by atoms with Gasteiger partial charge in [-0.3, -0.25) is 4.79 Å². The molecule has 0 aliphatic heterocycles. The van der Waals surface area contributed by atoms with Gasteiger partial charge in [-0.05, 0) is 44.2 Å². The smallest absolute Gasteiger partial charge is 0.335 e. The van der Waals surface area contributed by atoms with Gasteiger partial charge in [-0.1, -0.05) is 24.6 Å². The Morgan fingerprint density at radius 2 is 1.95 bits per heavy atom. The number of carbonyl (C=O) groups is 2. The first-order valence-electron chi connectivity index (χ1n) is 7.59. The number of carboxylic acid groups (broad SMARTS) is 1. The van der Waals surface area contributed by atoms with E-state index in [1.807, 2.05) is 18.7 Å². The van der Waals surface area contributed by atoms with Crippen molar-refractivity contribution in [1.29, 1.82) is 0 Å². The van der Waals surface area contributed by atoms with Crippen LogP contribution in [0.5, 0.6) is 0 Å². The fourth-order valence-electron chi connectivity index (χ4n) is 2.70. The van der Waals surface area contributed by atoms with Crippen LogP contribution in [-0.4, -0.2) is 34.5 Å². The fourth-order valence-corrected chi connectivity index (χ4v) is 2.70. The van der Waals surface area contributed by atoms with Gasteiger partial charge in [0.1, 0.15) is 0 Å². The van der Waals surface area contributed by atoms with Crippen LogP contribution in [0, 0.1) is 5.92 Å². The number of hydrogen-bond acceptors (Lipinski definition) is 2. The van der Waals surface area contributed by atoms with Crippen LogP contribution in [0.4, 0.5) is 0 Å². The largest absolute Gasteiger partial charge is 0.478 e. The standard InChI is InChI=1S/C17H23NO3/c1-12(2)18(11-13-6-5-7-13)16(19)10-14-8-3-4-9-15(14)17(20)21/h3-4,8-9,12-13H,5-7,10-11H2,1-2H3,(H,20,21). The SMILES string of the molecule is CC(C)N(CC1CCC1)C(=O)Cc1ccccc1C(=O)O. The average Bonchev–Trinajstić information content (AvgIpc) is 2.37. The summed E-state index contributed by atoms with van der Waals surface area (Å²) in [6, 6.07) is 6.89. The molecule has 4 heteroatoms. The lowest BCUT2D eigenvalue weighted by atomic mass is 9.84. The van der Waals surface area contributed by atoms with Gasteiger partial charge in [-0.25, -0.2) is 4.79 Å². The van der Waals surface area contributed by atoms with Crippen LogP contribution in [0.15, 0.2) is 24.3 Å². The fraction of sp³-hybridized carbons (Fsp3) is 0.529. The second kappa shape index (κ2) is 6.74. The van der Waals surface area contributed by atoms with Gasteiger partial charge in [0, 0.05) is 12.6 Å². The number of carboxylic acids is 1. The van der Waals surface area contributed by atoms with Gasteiger partial charge in [-0.2, -0.15) is 0 Å². The van der Waals surface area contributed by atoms with Gasteiger partial charge in [0.15, 0.2) is 0 Å². The molecule has 1 saturated carbocycles. The molecule has 1 aliphatic rings. The maximum atomic E-state index is 12.5. The summed E-state index contributed by atoms with van der Waals surface area (Å²) in [5.74, 6) is -0.342. The van der Waals surface area contributed by atoms with Crippen molar-refractivity contribution in [2.45, 2.75) is 45.6 Å². The number of carbonyl (C=O) groups excluding carboxylic acids is 1. The highest BCUT2D eigenvalue weighted by Crippen LogP contribution is 2.28. The van der Waals surface area contributed by atoms with Gasteiger partial charge < -0.3 is 10.0 Å². The maximum Gasteiger partial charge on any atom is 0.335 e. The van der Waals surface area contributed by atoms with E-state index < -0.39 is 5.97 Å². The molecular weight excluding hydrogens is 266 g/mol. The van der Waals surface area contributed by atoms with Gasteiger partial charge in [-0.15, -0.1) is 0 Å². The summed E-state index contributed by atoms with van der Waals surface area (Å²) in [4.78, 5) is 25.6. The van der Waals surface area contributed by atoms with Crippen LogP contribution >= 0.6 is 0 Å². The summed E-state index contributed by atoms with van der Waals surface area (Å²) in [5, 5.41) is 9.19. The van der Waals surface area contributed by atoms with Crippen LogP contribution in [0.3, 0.4) is 0 Å². The first-order valence-corrected chi connectivity index (χ1v) is 7.59. The number of hydrogen-bond donors (Lipinski definition) is 1. The number of benzene rings is 1. The topological polar surface area (TPSA) is 57.6 Å². The summed E-state index contributed by atoms with van der Waals surface area (Å²) in [7, 11) is 0. The molecule has 1 aliphatic carbocycles. The quantitative estimate of drug-likeness (QED) is 0.876. The molecule has 0 heterocycles. The predicted molar refractivity (Wildman–Crippen MR) is 81.3 cm³/mol. The number of aromatic carboxylic acids is 1.